The fraction of sp³-hybridized carbons (Fsp3) is 0.300. The minimum Gasteiger partial charge on any atom is -0.479 e. The van der Waals surface area contributed by atoms with Gasteiger partial charge in [-0.15, -0.1) is 0 Å². The number of carbonyl (C=O) groups is 1. The van der Waals surface area contributed by atoms with E-state index >= 15 is 0 Å². The summed E-state index contributed by atoms with van der Waals surface area (Å²) in [6.45, 7) is -0.520. The number of hydrogen-bond acceptors (Lipinski definition) is 4. The molecule has 0 spiro atoms. The van der Waals surface area contributed by atoms with Crippen LogP contribution >= 0.6 is 0 Å². The highest BCUT2D eigenvalue weighted by Gasteiger charge is 2.24. The summed E-state index contributed by atoms with van der Waals surface area (Å²) >= 11 is 0. The molecule has 0 fully saturated rings. The molecule has 6 nitrogen and oxygen atoms in total. The van der Waals surface area contributed by atoms with Gasteiger partial charge in [0.25, 0.3) is 0 Å². The van der Waals surface area contributed by atoms with Crippen molar-refractivity contribution in [3.63, 3.8) is 0 Å². The van der Waals surface area contributed by atoms with Gasteiger partial charge in [-0.05, 0) is 18.6 Å². The van der Waals surface area contributed by atoms with Crippen LogP contribution in [0.2, 0.25) is 0 Å². The molecular formula is C10H10F3NO5S. The lowest BCUT2D eigenvalue weighted by Crippen LogP contribution is -2.30. The predicted molar refractivity (Wildman–Crippen MR) is 59.8 cm³/mol. The third-order valence-electron chi connectivity index (χ3n) is 2.28. The van der Waals surface area contributed by atoms with Crippen molar-refractivity contribution < 1.29 is 36.6 Å². The predicted octanol–water partition coefficient (Wildman–Crippen LogP) is 0.218. The second kappa shape index (κ2) is 6.20. The van der Waals surface area contributed by atoms with Crippen molar-refractivity contribution in [2.24, 2.45) is 0 Å². The first kappa shape index (κ1) is 16.4. The first-order valence-corrected chi connectivity index (χ1v) is 6.69. The molecule has 0 aliphatic rings. The number of benzene rings is 1. The molecule has 0 aliphatic carbocycles. The average molecular weight is 313 g/mol. The molecule has 0 aliphatic heterocycles. The van der Waals surface area contributed by atoms with Crippen LogP contribution in [0.5, 0.6) is 0 Å². The smallest absolute Gasteiger partial charge is 0.332 e. The Morgan fingerprint density at radius 3 is 2.40 bits per heavy atom. The summed E-state index contributed by atoms with van der Waals surface area (Å²) in [5, 5.41) is 17.3. The van der Waals surface area contributed by atoms with E-state index in [-0.39, 0.29) is 0 Å². The van der Waals surface area contributed by atoms with Gasteiger partial charge in [-0.25, -0.2) is 31.1 Å². The molecular weight excluding hydrogens is 303 g/mol. The Labute approximate surface area is 111 Å². The van der Waals surface area contributed by atoms with Crippen LogP contribution in [0.4, 0.5) is 13.2 Å². The first-order valence-electron chi connectivity index (χ1n) is 5.21. The Balaban J connectivity index is 2.85. The van der Waals surface area contributed by atoms with Gasteiger partial charge >= 0.3 is 5.97 Å². The monoisotopic (exact) mass is 313 g/mol. The molecule has 3 N–H and O–H groups in total. The van der Waals surface area contributed by atoms with Crippen LogP contribution in [0.15, 0.2) is 17.0 Å². The van der Waals surface area contributed by atoms with Crippen LogP contribution in [0.3, 0.4) is 0 Å². The summed E-state index contributed by atoms with van der Waals surface area (Å²) in [5.74, 6) is -6.90. The third-order valence-corrected chi connectivity index (χ3v) is 3.76. The van der Waals surface area contributed by atoms with E-state index in [9.17, 15) is 26.4 Å². The molecule has 0 saturated heterocycles. The van der Waals surface area contributed by atoms with Gasteiger partial charge in [0.1, 0.15) is 4.90 Å². The van der Waals surface area contributed by atoms with Gasteiger partial charge in [0.05, 0.1) is 0 Å². The van der Waals surface area contributed by atoms with Crippen LogP contribution in [-0.4, -0.2) is 37.2 Å². The first-order chi connectivity index (χ1) is 9.16. The molecule has 0 saturated carbocycles. The molecule has 0 amide bonds. The maximum atomic E-state index is 13.3. The molecule has 20 heavy (non-hydrogen) atoms. The summed E-state index contributed by atoms with van der Waals surface area (Å²) in [5.41, 5.74) is 0. The molecule has 1 aromatic carbocycles. The summed E-state index contributed by atoms with van der Waals surface area (Å²) in [4.78, 5) is 9.17. The molecule has 0 radical (unpaired) electrons. The van der Waals surface area contributed by atoms with Gasteiger partial charge in [-0.3, -0.25) is 0 Å². The van der Waals surface area contributed by atoms with Gasteiger partial charge < -0.3 is 10.2 Å². The summed E-state index contributed by atoms with van der Waals surface area (Å²) in [6.07, 6.45) is -2.27. The molecule has 0 bridgehead atoms. The van der Waals surface area contributed by atoms with Gasteiger partial charge in [-0.2, -0.15) is 0 Å². The minimum atomic E-state index is -4.49. The molecule has 1 atom stereocenters. The number of halogens is 3. The summed E-state index contributed by atoms with van der Waals surface area (Å²) < 4.78 is 63.8. The van der Waals surface area contributed by atoms with Crippen molar-refractivity contribution in [2.75, 3.05) is 6.54 Å². The topological polar surface area (TPSA) is 104 Å². The molecule has 112 valence electrons. The third kappa shape index (κ3) is 3.68. The fourth-order valence-corrected chi connectivity index (χ4v) is 2.36. The number of aliphatic hydroxyl groups excluding tert-OH is 1. The average Bonchev–Trinajstić information content (AvgIpc) is 2.35. The Bertz CT molecular complexity index is 620. The van der Waals surface area contributed by atoms with E-state index in [0.717, 1.165) is 0 Å². The minimum absolute atomic E-state index is 0.444. The van der Waals surface area contributed by atoms with Crippen molar-refractivity contribution >= 4 is 16.0 Å². The Kier molecular flexibility index (Phi) is 5.09. The highest BCUT2D eigenvalue weighted by Crippen LogP contribution is 2.19. The van der Waals surface area contributed by atoms with Gasteiger partial charge in [0.15, 0.2) is 23.6 Å². The maximum absolute atomic E-state index is 13.3. The lowest BCUT2D eigenvalue weighted by molar-refractivity contribution is -0.146. The van der Waals surface area contributed by atoms with E-state index in [1.165, 1.54) is 0 Å². The van der Waals surface area contributed by atoms with E-state index in [4.69, 9.17) is 10.2 Å². The lowest BCUT2D eigenvalue weighted by Gasteiger charge is -2.09. The highest BCUT2D eigenvalue weighted by atomic mass is 32.2. The Morgan fingerprint density at radius 1 is 1.25 bits per heavy atom. The van der Waals surface area contributed by atoms with E-state index in [2.05, 4.69) is 0 Å². The zero-order valence-electron chi connectivity index (χ0n) is 9.81. The van der Waals surface area contributed by atoms with E-state index in [1.807, 2.05) is 0 Å². The zero-order chi connectivity index (χ0) is 15.5. The van der Waals surface area contributed by atoms with Gasteiger partial charge in [-0.1, -0.05) is 0 Å². The van der Waals surface area contributed by atoms with Gasteiger partial charge in [0, 0.05) is 6.54 Å². The largest absolute Gasteiger partial charge is 0.479 e. The Hall–Kier alpha value is -1.65. The fourth-order valence-electron chi connectivity index (χ4n) is 1.25. The number of carboxylic acids is 1. The van der Waals surface area contributed by atoms with E-state index < -0.39 is 57.4 Å². The summed E-state index contributed by atoms with van der Waals surface area (Å²) in [6, 6.07) is 0.975. The molecule has 1 unspecified atom stereocenters. The molecule has 1 rings (SSSR count). The number of aliphatic carboxylic acids is 1. The Morgan fingerprint density at radius 2 is 1.85 bits per heavy atom. The van der Waals surface area contributed by atoms with Crippen molar-refractivity contribution in [3.05, 3.63) is 29.6 Å². The van der Waals surface area contributed by atoms with Crippen LogP contribution in [0.25, 0.3) is 0 Å². The lowest BCUT2D eigenvalue weighted by atomic mass is 10.3. The number of hydrogen-bond donors (Lipinski definition) is 3. The molecule has 0 aromatic heterocycles. The second-order valence-electron chi connectivity index (χ2n) is 3.71. The number of rotatable bonds is 6. The van der Waals surface area contributed by atoms with Crippen LogP contribution < -0.4 is 4.72 Å². The highest BCUT2D eigenvalue weighted by molar-refractivity contribution is 7.89. The molecule has 0 heterocycles. The number of nitrogens with one attached hydrogen (secondary N) is 1. The zero-order valence-corrected chi connectivity index (χ0v) is 10.6. The second-order valence-corrected chi connectivity index (χ2v) is 5.45. The van der Waals surface area contributed by atoms with E-state index in [1.54, 1.807) is 4.72 Å². The van der Waals surface area contributed by atoms with Crippen molar-refractivity contribution in [3.8, 4) is 0 Å². The number of carboxylic acid groups (broad SMARTS) is 1. The molecule has 10 heteroatoms. The molecule has 1 aromatic rings. The SMILES string of the molecule is O=C(O)C(O)CCNS(=O)(=O)c1ccc(F)c(F)c1F. The van der Waals surface area contributed by atoms with Crippen molar-refractivity contribution in [1.82, 2.24) is 4.72 Å². The number of sulfonamides is 1. The standard InChI is InChI=1S/C10H10F3NO5S/c11-5-1-2-7(9(13)8(5)12)20(18,19)14-4-3-6(15)10(16)17/h1-2,6,14-15H,3-4H2,(H,16,17). The maximum Gasteiger partial charge on any atom is 0.332 e. The van der Waals surface area contributed by atoms with Crippen LogP contribution in [-0.2, 0) is 14.8 Å². The van der Waals surface area contributed by atoms with E-state index in [0.29, 0.717) is 12.1 Å². The normalized spacial score (nSPS) is 13.2. The van der Waals surface area contributed by atoms with Crippen molar-refractivity contribution in [2.45, 2.75) is 17.4 Å². The quantitative estimate of drug-likeness (QED) is 0.652. The van der Waals surface area contributed by atoms with Crippen LogP contribution in [0.1, 0.15) is 6.42 Å². The number of aliphatic hydroxyl groups is 1. The summed E-state index contributed by atoms with van der Waals surface area (Å²) in [7, 11) is -4.49. The van der Waals surface area contributed by atoms with Crippen LogP contribution in [0, 0.1) is 17.5 Å². The van der Waals surface area contributed by atoms with Crippen molar-refractivity contribution in [1.29, 1.82) is 0 Å². The van der Waals surface area contributed by atoms with Gasteiger partial charge in [0.2, 0.25) is 10.0 Å².